The van der Waals surface area contributed by atoms with E-state index in [-0.39, 0.29) is 5.78 Å². The zero-order valence-electron chi connectivity index (χ0n) is 8.58. The van der Waals surface area contributed by atoms with Gasteiger partial charge in [-0.1, -0.05) is 18.6 Å². The van der Waals surface area contributed by atoms with Gasteiger partial charge in [0.25, 0.3) is 0 Å². The van der Waals surface area contributed by atoms with Crippen LogP contribution in [0.1, 0.15) is 39.0 Å². The van der Waals surface area contributed by atoms with E-state index in [9.17, 15) is 4.79 Å². The van der Waals surface area contributed by atoms with Gasteiger partial charge >= 0.3 is 0 Å². The van der Waals surface area contributed by atoms with Crippen LogP contribution in [-0.2, 0) is 4.79 Å². The molecule has 0 aromatic heterocycles. The maximum Gasteiger partial charge on any atom is 0.136 e. The Kier molecular flexibility index (Phi) is 2.86. The fraction of sp³-hybridized carbons (Fsp3) is 0.818. The van der Waals surface area contributed by atoms with Gasteiger partial charge in [0.15, 0.2) is 0 Å². The summed E-state index contributed by atoms with van der Waals surface area (Å²) in [5.74, 6) is 1.91. The van der Waals surface area contributed by atoms with Gasteiger partial charge in [0.05, 0.1) is 11.4 Å². The van der Waals surface area contributed by atoms with Gasteiger partial charge in [-0.3, -0.25) is 4.79 Å². The molecule has 0 heterocycles. The van der Waals surface area contributed by atoms with E-state index in [1.54, 1.807) is 6.92 Å². The summed E-state index contributed by atoms with van der Waals surface area (Å²) in [6.07, 6.45) is 5.82. The first kappa shape index (κ1) is 10.1. The number of thiocarbonyl (C=S) groups is 1. The molecule has 2 fully saturated rings. The molecule has 0 spiro atoms. The van der Waals surface area contributed by atoms with Gasteiger partial charge < -0.3 is 5.32 Å². The third-order valence-electron chi connectivity index (χ3n) is 3.49. The van der Waals surface area contributed by atoms with Crippen molar-refractivity contribution in [2.75, 3.05) is 0 Å². The Hall–Kier alpha value is -0.440. The maximum absolute atomic E-state index is 10.9. The van der Waals surface area contributed by atoms with Crippen LogP contribution in [0, 0.1) is 11.8 Å². The van der Waals surface area contributed by atoms with E-state index in [4.69, 9.17) is 12.2 Å². The lowest BCUT2D eigenvalue weighted by atomic mass is 9.95. The molecule has 78 valence electrons. The second-order valence-corrected chi connectivity index (χ2v) is 5.22. The zero-order chi connectivity index (χ0) is 10.1. The molecule has 2 aliphatic rings. The summed E-state index contributed by atoms with van der Waals surface area (Å²) in [7, 11) is 0. The van der Waals surface area contributed by atoms with Gasteiger partial charge in [-0.25, -0.2) is 0 Å². The molecule has 14 heavy (non-hydrogen) atoms. The summed E-state index contributed by atoms with van der Waals surface area (Å²) in [5, 5.41) is 3.35. The van der Waals surface area contributed by atoms with Crippen LogP contribution in [0.4, 0.5) is 0 Å². The van der Waals surface area contributed by atoms with Crippen molar-refractivity contribution >= 4 is 23.0 Å². The third kappa shape index (κ3) is 2.14. The summed E-state index contributed by atoms with van der Waals surface area (Å²) >= 11 is 5.15. The van der Waals surface area contributed by atoms with Crippen LogP contribution in [-0.4, -0.2) is 16.8 Å². The molecule has 1 N–H and O–H groups in total. The van der Waals surface area contributed by atoms with E-state index < -0.39 is 0 Å². The van der Waals surface area contributed by atoms with Gasteiger partial charge in [0, 0.05) is 6.04 Å². The molecule has 3 unspecified atom stereocenters. The number of rotatable bonds is 3. The van der Waals surface area contributed by atoms with Crippen LogP contribution in [0.5, 0.6) is 0 Å². The normalized spacial score (nSPS) is 34.5. The summed E-state index contributed by atoms with van der Waals surface area (Å²) in [4.78, 5) is 11.6. The van der Waals surface area contributed by atoms with Crippen molar-refractivity contribution in [3.8, 4) is 0 Å². The molecule has 0 aromatic rings. The fourth-order valence-corrected chi connectivity index (χ4v) is 3.26. The minimum Gasteiger partial charge on any atom is -0.376 e. The maximum atomic E-state index is 10.9. The minimum atomic E-state index is 0.158. The second-order valence-electron chi connectivity index (χ2n) is 4.73. The molecule has 2 bridgehead atoms. The molecular weight excluding hydrogens is 194 g/mol. The first-order valence-electron chi connectivity index (χ1n) is 5.44. The van der Waals surface area contributed by atoms with Crippen molar-refractivity contribution < 1.29 is 4.79 Å². The lowest BCUT2D eigenvalue weighted by Gasteiger charge is -2.23. The predicted octanol–water partition coefficient (Wildman–Crippen LogP) is 2.07. The monoisotopic (exact) mass is 211 g/mol. The van der Waals surface area contributed by atoms with Gasteiger partial charge in [0.2, 0.25) is 0 Å². The van der Waals surface area contributed by atoms with E-state index in [0.29, 0.717) is 12.5 Å². The number of carbonyl (C=O) groups is 1. The Morgan fingerprint density at radius 3 is 2.71 bits per heavy atom. The molecule has 0 radical (unpaired) electrons. The van der Waals surface area contributed by atoms with Crippen molar-refractivity contribution in [3.05, 3.63) is 0 Å². The van der Waals surface area contributed by atoms with Crippen molar-refractivity contribution in [2.45, 2.75) is 45.1 Å². The highest BCUT2D eigenvalue weighted by Crippen LogP contribution is 2.44. The molecule has 2 saturated carbocycles. The fourth-order valence-electron chi connectivity index (χ4n) is 2.91. The highest BCUT2D eigenvalue weighted by molar-refractivity contribution is 7.80. The highest BCUT2D eigenvalue weighted by atomic mass is 32.1. The van der Waals surface area contributed by atoms with E-state index in [1.807, 2.05) is 0 Å². The Labute approximate surface area is 90.4 Å². The molecule has 0 aliphatic heterocycles. The van der Waals surface area contributed by atoms with E-state index in [1.165, 1.54) is 25.7 Å². The lowest BCUT2D eigenvalue weighted by Crippen LogP contribution is -2.38. The van der Waals surface area contributed by atoms with Gasteiger partial charge in [0.1, 0.15) is 5.78 Å². The number of ketones is 1. The highest BCUT2D eigenvalue weighted by Gasteiger charge is 2.39. The van der Waals surface area contributed by atoms with Crippen LogP contribution >= 0.6 is 12.2 Å². The van der Waals surface area contributed by atoms with Crippen molar-refractivity contribution in [1.29, 1.82) is 0 Å². The van der Waals surface area contributed by atoms with Crippen LogP contribution in [0.3, 0.4) is 0 Å². The summed E-state index contributed by atoms with van der Waals surface area (Å²) in [6, 6.07) is 0.570. The number of nitrogens with one attached hydrogen (secondary N) is 1. The topological polar surface area (TPSA) is 29.1 Å². The predicted molar refractivity (Wildman–Crippen MR) is 60.3 cm³/mol. The largest absolute Gasteiger partial charge is 0.376 e. The Morgan fingerprint density at radius 1 is 1.43 bits per heavy atom. The van der Waals surface area contributed by atoms with Crippen molar-refractivity contribution in [2.24, 2.45) is 11.8 Å². The average Bonchev–Trinajstić information content (AvgIpc) is 2.62. The van der Waals surface area contributed by atoms with Crippen LogP contribution in [0.25, 0.3) is 0 Å². The molecule has 0 aromatic carbocycles. The van der Waals surface area contributed by atoms with Crippen LogP contribution in [0.2, 0.25) is 0 Å². The SMILES string of the molecule is CC(=O)CC(=S)NC1CC2CCC1C2. The van der Waals surface area contributed by atoms with Crippen molar-refractivity contribution in [3.63, 3.8) is 0 Å². The standard InChI is InChI=1S/C11H17NOS/c1-7(13)4-11(14)12-10-6-8-2-3-9(10)5-8/h8-10H,2-6H2,1H3,(H,12,14). The summed E-state index contributed by atoms with van der Waals surface area (Å²) in [6.45, 7) is 1.59. The summed E-state index contributed by atoms with van der Waals surface area (Å²) in [5.41, 5.74) is 0. The third-order valence-corrected chi connectivity index (χ3v) is 3.76. The Bertz CT molecular complexity index is 264. The average molecular weight is 211 g/mol. The lowest BCUT2D eigenvalue weighted by molar-refractivity contribution is -0.115. The number of Topliss-reactive ketones (excluding diaryl/α,β-unsaturated/α-hetero) is 1. The molecule has 3 atom stereocenters. The van der Waals surface area contributed by atoms with Crippen LogP contribution < -0.4 is 5.32 Å². The number of carbonyl (C=O) groups excluding carboxylic acids is 1. The minimum absolute atomic E-state index is 0.158. The first-order chi connectivity index (χ1) is 6.65. The second kappa shape index (κ2) is 3.97. The van der Waals surface area contributed by atoms with Crippen molar-refractivity contribution in [1.82, 2.24) is 5.32 Å². The molecule has 0 saturated heterocycles. The van der Waals surface area contributed by atoms with E-state index in [2.05, 4.69) is 5.32 Å². The van der Waals surface area contributed by atoms with Gasteiger partial charge in [-0.2, -0.15) is 0 Å². The molecule has 2 nitrogen and oxygen atoms in total. The number of fused-ring (bicyclic) bond motifs is 2. The molecule has 2 aliphatic carbocycles. The van der Waals surface area contributed by atoms with Gasteiger partial charge in [-0.05, 0) is 38.0 Å². The molecule has 0 amide bonds. The summed E-state index contributed by atoms with van der Waals surface area (Å²) < 4.78 is 0. The smallest absolute Gasteiger partial charge is 0.136 e. The molecular formula is C11H17NOS. The number of hydrogen-bond donors (Lipinski definition) is 1. The van der Waals surface area contributed by atoms with Crippen LogP contribution in [0.15, 0.2) is 0 Å². The quantitative estimate of drug-likeness (QED) is 0.725. The molecule has 2 rings (SSSR count). The Morgan fingerprint density at radius 2 is 2.21 bits per heavy atom. The number of hydrogen-bond acceptors (Lipinski definition) is 2. The zero-order valence-corrected chi connectivity index (χ0v) is 9.40. The van der Waals surface area contributed by atoms with Gasteiger partial charge in [-0.15, -0.1) is 0 Å². The molecule has 3 heteroatoms. The van der Waals surface area contributed by atoms with E-state index >= 15 is 0 Å². The first-order valence-corrected chi connectivity index (χ1v) is 5.85. The van der Waals surface area contributed by atoms with E-state index in [0.717, 1.165) is 16.8 Å². The Balaban J connectivity index is 1.81.